The summed E-state index contributed by atoms with van der Waals surface area (Å²) in [6.45, 7) is 3.52. The Hall–Kier alpha value is -3.03. The first-order valence-electron chi connectivity index (χ1n) is 6.00. The maximum Gasteiger partial charge on any atom is 0.269 e. The fraction of sp³-hybridized carbons (Fsp3) is 0.154. The Labute approximate surface area is 120 Å². The summed E-state index contributed by atoms with van der Waals surface area (Å²) in [5.41, 5.74) is 7.22. The first-order chi connectivity index (χ1) is 9.90. The highest BCUT2D eigenvalue weighted by Gasteiger charge is 2.16. The number of benzene rings is 1. The maximum atomic E-state index is 10.6. The van der Waals surface area contributed by atoms with Crippen molar-refractivity contribution in [3.63, 3.8) is 0 Å². The Morgan fingerprint density at radius 2 is 1.90 bits per heavy atom. The first-order valence-corrected chi connectivity index (χ1v) is 6.00. The van der Waals surface area contributed by atoms with Gasteiger partial charge in [-0.3, -0.25) is 15.5 Å². The van der Waals surface area contributed by atoms with Crippen LogP contribution < -0.4 is 10.5 Å². The number of nitrogen functional groups attached to an aromatic ring is 1. The molecule has 0 saturated carbocycles. The predicted molar refractivity (Wildman–Crippen MR) is 75.7 cm³/mol. The second-order valence-electron chi connectivity index (χ2n) is 4.36. The van der Waals surface area contributed by atoms with Crippen LogP contribution in [0.1, 0.15) is 16.8 Å². The molecule has 21 heavy (non-hydrogen) atoms. The normalized spacial score (nSPS) is 10.2. The number of nitrogens with zero attached hydrogens (tertiary/aromatic N) is 3. The van der Waals surface area contributed by atoms with Crippen LogP contribution in [0.2, 0.25) is 0 Å². The Bertz CT molecular complexity index is 712. The van der Waals surface area contributed by atoms with Gasteiger partial charge in [0.25, 0.3) is 5.69 Å². The number of rotatable bonds is 4. The molecule has 0 aliphatic heterocycles. The number of aryl methyl sites for hydroxylation is 1. The highest BCUT2D eigenvalue weighted by molar-refractivity contribution is 5.98. The molecule has 0 atom stereocenters. The van der Waals surface area contributed by atoms with E-state index < -0.39 is 4.92 Å². The zero-order valence-electron chi connectivity index (χ0n) is 11.5. The molecule has 0 bridgehead atoms. The first kappa shape index (κ1) is 14.4. The Morgan fingerprint density at radius 3 is 2.43 bits per heavy atom. The molecule has 0 fully saturated rings. The fourth-order valence-corrected chi connectivity index (χ4v) is 1.72. The minimum absolute atomic E-state index is 0.0414. The molecule has 1 aromatic heterocycles. The van der Waals surface area contributed by atoms with Gasteiger partial charge in [0.05, 0.1) is 16.2 Å². The number of aromatic nitrogens is 2. The van der Waals surface area contributed by atoms with Gasteiger partial charge in [-0.2, -0.15) is 5.10 Å². The molecule has 0 amide bonds. The van der Waals surface area contributed by atoms with E-state index >= 15 is 0 Å². The van der Waals surface area contributed by atoms with Crippen LogP contribution in [0.4, 0.5) is 5.69 Å². The summed E-state index contributed by atoms with van der Waals surface area (Å²) in [7, 11) is 0. The SMILES string of the molecule is Cc1nnc(Oc2ccc([N+](=O)[O-])cc2)c(C(=N)N)c1C. The van der Waals surface area contributed by atoms with Gasteiger partial charge in [-0.25, -0.2) is 0 Å². The van der Waals surface area contributed by atoms with Crippen molar-refractivity contribution in [2.75, 3.05) is 0 Å². The molecule has 8 heteroatoms. The van der Waals surface area contributed by atoms with E-state index in [-0.39, 0.29) is 17.4 Å². The average molecular weight is 287 g/mol. The van der Waals surface area contributed by atoms with Crippen molar-refractivity contribution < 1.29 is 9.66 Å². The van der Waals surface area contributed by atoms with Crippen LogP contribution in [-0.2, 0) is 0 Å². The summed E-state index contributed by atoms with van der Waals surface area (Å²) in [5, 5.41) is 26.0. The van der Waals surface area contributed by atoms with Gasteiger partial charge in [0, 0.05) is 12.1 Å². The average Bonchev–Trinajstić information content (AvgIpc) is 2.43. The van der Waals surface area contributed by atoms with Crippen molar-refractivity contribution in [3.8, 4) is 11.6 Å². The van der Waals surface area contributed by atoms with Gasteiger partial charge in [0.15, 0.2) is 0 Å². The van der Waals surface area contributed by atoms with E-state index in [1.54, 1.807) is 13.8 Å². The highest BCUT2D eigenvalue weighted by atomic mass is 16.6. The molecule has 0 radical (unpaired) electrons. The minimum atomic E-state index is -0.499. The van der Waals surface area contributed by atoms with E-state index in [2.05, 4.69) is 10.2 Å². The van der Waals surface area contributed by atoms with Crippen molar-refractivity contribution in [1.82, 2.24) is 10.2 Å². The zero-order chi connectivity index (χ0) is 15.6. The third-order valence-corrected chi connectivity index (χ3v) is 2.95. The lowest BCUT2D eigenvalue weighted by molar-refractivity contribution is -0.384. The van der Waals surface area contributed by atoms with Gasteiger partial charge in [-0.15, -0.1) is 5.10 Å². The summed E-state index contributed by atoms with van der Waals surface area (Å²) < 4.78 is 5.52. The molecule has 0 aliphatic carbocycles. The van der Waals surface area contributed by atoms with E-state index in [9.17, 15) is 10.1 Å². The van der Waals surface area contributed by atoms with Gasteiger partial charge in [-0.1, -0.05) is 0 Å². The lowest BCUT2D eigenvalue weighted by atomic mass is 10.1. The number of non-ortho nitro benzene ring substituents is 1. The molecule has 1 aromatic carbocycles. The second-order valence-corrected chi connectivity index (χ2v) is 4.36. The molecule has 108 valence electrons. The largest absolute Gasteiger partial charge is 0.437 e. The van der Waals surface area contributed by atoms with Gasteiger partial charge < -0.3 is 10.5 Å². The molecule has 0 unspecified atom stereocenters. The van der Waals surface area contributed by atoms with Gasteiger partial charge in [0.1, 0.15) is 11.6 Å². The smallest absolute Gasteiger partial charge is 0.269 e. The van der Waals surface area contributed by atoms with Crippen LogP contribution in [0.3, 0.4) is 0 Å². The second kappa shape index (κ2) is 5.53. The van der Waals surface area contributed by atoms with Crippen molar-refractivity contribution in [1.29, 1.82) is 5.41 Å². The molecule has 0 spiro atoms. The standard InChI is InChI=1S/C13H13N5O3/c1-7-8(2)16-17-13(11(7)12(14)15)21-10-5-3-9(4-6-10)18(19)20/h3-6H,1-2H3,(H3,14,15). The Morgan fingerprint density at radius 1 is 1.29 bits per heavy atom. The molecular weight excluding hydrogens is 274 g/mol. The molecular formula is C13H13N5O3. The predicted octanol–water partition coefficient (Wildman–Crippen LogP) is 2.08. The lowest BCUT2D eigenvalue weighted by Crippen LogP contribution is -2.16. The van der Waals surface area contributed by atoms with Crippen molar-refractivity contribution in [3.05, 3.63) is 51.2 Å². The molecule has 0 saturated heterocycles. The van der Waals surface area contributed by atoms with E-state index in [1.165, 1.54) is 24.3 Å². The van der Waals surface area contributed by atoms with Crippen LogP contribution in [0.25, 0.3) is 0 Å². The summed E-state index contributed by atoms with van der Waals surface area (Å²) in [6, 6.07) is 5.52. The number of nitrogens with two attached hydrogens (primary N) is 1. The number of hydrogen-bond donors (Lipinski definition) is 2. The van der Waals surface area contributed by atoms with Crippen LogP contribution in [0.15, 0.2) is 24.3 Å². The number of ether oxygens (including phenoxy) is 1. The van der Waals surface area contributed by atoms with E-state index in [4.69, 9.17) is 15.9 Å². The van der Waals surface area contributed by atoms with Crippen molar-refractivity contribution in [2.45, 2.75) is 13.8 Å². The Kier molecular flexibility index (Phi) is 3.79. The van der Waals surface area contributed by atoms with Crippen LogP contribution in [-0.4, -0.2) is 21.0 Å². The van der Waals surface area contributed by atoms with Crippen molar-refractivity contribution >= 4 is 11.5 Å². The molecule has 0 aliphatic rings. The highest BCUT2D eigenvalue weighted by Crippen LogP contribution is 2.26. The van der Waals surface area contributed by atoms with E-state index in [1.807, 2.05) is 0 Å². The van der Waals surface area contributed by atoms with E-state index in [0.29, 0.717) is 22.6 Å². The number of hydrogen-bond acceptors (Lipinski definition) is 6. The number of nitro benzene ring substituents is 1. The van der Waals surface area contributed by atoms with Crippen LogP contribution in [0, 0.1) is 29.4 Å². The van der Waals surface area contributed by atoms with Gasteiger partial charge in [-0.05, 0) is 31.5 Å². The summed E-state index contributed by atoms with van der Waals surface area (Å²) in [4.78, 5) is 10.1. The van der Waals surface area contributed by atoms with Gasteiger partial charge >= 0.3 is 0 Å². The molecule has 2 aromatic rings. The monoisotopic (exact) mass is 287 g/mol. The maximum absolute atomic E-state index is 10.6. The third kappa shape index (κ3) is 2.94. The number of amidine groups is 1. The summed E-state index contributed by atoms with van der Waals surface area (Å²) >= 11 is 0. The topological polar surface area (TPSA) is 128 Å². The summed E-state index contributed by atoms with van der Waals surface area (Å²) in [6.07, 6.45) is 0. The van der Waals surface area contributed by atoms with Crippen molar-refractivity contribution in [2.24, 2.45) is 5.73 Å². The van der Waals surface area contributed by atoms with E-state index in [0.717, 1.165) is 0 Å². The summed E-state index contributed by atoms with van der Waals surface area (Å²) in [5.74, 6) is 0.266. The van der Waals surface area contributed by atoms with Gasteiger partial charge in [0.2, 0.25) is 5.88 Å². The minimum Gasteiger partial charge on any atom is -0.437 e. The quantitative estimate of drug-likeness (QED) is 0.383. The molecule has 8 nitrogen and oxygen atoms in total. The van der Waals surface area contributed by atoms with Crippen LogP contribution in [0.5, 0.6) is 11.6 Å². The number of nitrogens with one attached hydrogen (secondary N) is 1. The fourth-order valence-electron chi connectivity index (χ4n) is 1.72. The molecule has 2 rings (SSSR count). The number of nitro groups is 1. The molecule has 1 heterocycles. The molecule has 3 N–H and O–H groups in total. The lowest BCUT2D eigenvalue weighted by Gasteiger charge is -2.11. The van der Waals surface area contributed by atoms with Crippen LogP contribution >= 0.6 is 0 Å². The third-order valence-electron chi connectivity index (χ3n) is 2.95. The zero-order valence-corrected chi connectivity index (χ0v) is 11.5. The Balaban J connectivity index is 2.37.